The first-order chi connectivity index (χ1) is 8.01. The zero-order valence-corrected chi connectivity index (χ0v) is 11.3. The van der Waals surface area contributed by atoms with Gasteiger partial charge >= 0.3 is 5.97 Å². The Kier molecular flexibility index (Phi) is 3.85. The molecule has 0 radical (unpaired) electrons. The van der Waals surface area contributed by atoms with Gasteiger partial charge in [0.25, 0.3) is 0 Å². The Labute approximate surface area is 114 Å². The van der Waals surface area contributed by atoms with Gasteiger partial charge < -0.3 is 5.11 Å². The predicted octanol–water partition coefficient (Wildman–Crippen LogP) is 3.74. The molecule has 0 amide bonds. The van der Waals surface area contributed by atoms with Crippen LogP contribution in [0.5, 0.6) is 0 Å². The van der Waals surface area contributed by atoms with Crippen molar-refractivity contribution in [2.45, 2.75) is 24.3 Å². The van der Waals surface area contributed by atoms with Crippen molar-refractivity contribution >= 4 is 40.9 Å². The molecule has 0 atom stereocenters. The molecule has 0 aromatic carbocycles. The predicted molar refractivity (Wildman–Crippen MR) is 68.9 cm³/mol. The molecule has 1 fully saturated rings. The average molecular weight is 292 g/mol. The van der Waals surface area contributed by atoms with E-state index in [4.69, 9.17) is 28.3 Å². The van der Waals surface area contributed by atoms with Crippen LogP contribution in [-0.2, 0) is 4.79 Å². The maximum absolute atomic E-state index is 10.7. The number of carboxylic acid groups (broad SMARTS) is 1. The van der Waals surface area contributed by atoms with Crippen LogP contribution in [0.25, 0.3) is 0 Å². The standard InChI is InChI=1S/C11H11Cl2NO2S/c12-7-3-8(13)10(14-5-7)17-6-11(1-2-11)4-9(15)16/h3,5H,1-2,4,6H2,(H,15,16). The number of pyridine rings is 1. The molecule has 3 nitrogen and oxygen atoms in total. The fourth-order valence-corrected chi connectivity index (χ4v) is 3.30. The number of hydrogen-bond donors (Lipinski definition) is 1. The van der Waals surface area contributed by atoms with Crippen LogP contribution in [0.1, 0.15) is 19.3 Å². The highest BCUT2D eigenvalue weighted by Crippen LogP contribution is 2.52. The summed E-state index contributed by atoms with van der Waals surface area (Å²) in [6.07, 6.45) is 3.72. The Bertz CT molecular complexity index is 449. The van der Waals surface area contributed by atoms with Gasteiger partial charge in [-0.1, -0.05) is 23.2 Å². The molecule has 1 heterocycles. The van der Waals surface area contributed by atoms with Crippen molar-refractivity contribution in [1.82, 2.24) is 4.98 Å². The maximum atomic E-state index is 10.7. The largest absolute Gasteiger partial charge is 0.481 e. The molecule has 2 rings (SSSR count). The van der Waals surface area contributed by atoms with E-state index in [0.717, 1.165) is 18.6 Å². The minimum absolute atomic E-state index is 0.0544. The van der Waals surface area contributed by atoms with Crippen LogP contribution in [0, 0.1) is 5.41 Å². The summed E-state index contributed by atoms with van der Waals surface area (Å²) in [7, 11) is 0. The monoisotopic (exact) mass is 291 g/mol. The lowest BCUT2D eigenvalue weighted by Crippen LogP contribution is -2.11. The van der Waals surface area contributed by atoms with Crippen LogP contribution in [0.4, 0.5) is 0 Å². The highest BCUT2D eigenvalue weighted by Gasteiger charge is 2.44. The molecule has 1 aliphatic rings. The summed E-state index contributed by atoms with van der Waals surface area (Å²) >= 11 is 13.3. The number of hydrogen-bond acceptors (Lipinski definition) is 3. The number of nitrogens with zero attached hydrogens (tertiary/aromatic N) is 1. The lowest BCUT2D eigenvalue weighted by molar-refractivity contribution is -0.138. The van der Waals surface area contributed by atoms with Gasteiger partial charge in [-0.15, -0.1) is 11.8 Å². The van der Waals surface area contributed by atoms with Gasteiger partial charge in [-0.3, -0.25) is 4.79 Å². The van der Waals surface area contributed by atoms with Crippen molar-refractivity contribution in [3.8, 4) is 0 Å². The summed E-state index contributed by atoms with van der Waals surface area (Å²) in [6.45, 7) is 0. The molecule has 92 valence electrons. The van der Waals surface area contributed by atoms with E-state index in [1.165, 1.54) is 11.8 Å². The van der Waals surface area contributed by atoms with Crippen LogP contribution < -0.4 is 0 Å². The van der Waals surface area contributed by atoms with Crippen molar-refractivity contribution in [3.63, 3.8) is 0 Å². The Hall–Kier alpha value is -0.450. The van der Waals surface area contributed by atoms with Crippen LogP contribution >= 0.6 is 35.0 Å². The molecule has 17 heavy (non-hydrogen) atoms. The molecule has 1 N–H and O–H groups in total. The van der Waals surface area contributed by atoms with Crippen LogP contribution in [0.2, 0.25) is 10.0 Å². The van der Waals surface area contributed by atoms with Crippen LogP contribution in [0.3, 0.4) is 0 Å². The van der Waals surface area contributed by atoms with Crippen molar-refractivity contribution in [3.05, 3.63) is 22.3 Å². The second kappa shape index (κ2) is 5.04. The van der Waals surface area contributed by atoms with Gasteiger partial charge in [0.05, 0.1) is 16.5 Å². The summed E-state index contributed by atoms with van der Waals surface area (Å²) in [5, 5.41) is 10.6. The van der Waals surface area contributed by atoms with Gasteiger partial charge in [-0.2, -0.15) is 0 Å². The van der Waals surface area contributed by atoms with Crippen molar-refractivity contribution in [2.75, 3.05) is 5.75 Å². The van der Waals surface area contributed by atoms with E-state index in [2.05, 4.69) is 4.98 Å². The van der Waals surface area contributed by atoms with E-state index in [1.54, 1.807) is 12.3 Å². The van der Waals surface area contributed by atoms with E-state index in [9.17, 15) is 4.79 Å². The molecular weight excluding hydrogens is 281 g/mol. The van der Waals surface area contributed by atoms with E-state index in [1.807, 2.05) is 0 Å². The Morgan fingerprint density at radius 1 is 1.53 bits per heavy atom. The van der Waals surface area contributed by atoms with Gasteiger partial charge in [-0.25, -0.2) is 4.98 Å². The smallest absolute Gasteiger partial charge is 0.303 e. The molecule has 1 aliphatic carbocycles. The Balaban J connectivity index is 1.96. The lowest BCUT2D eigenvalue weighted by Gasteiger charge is -2.11. The highest BCUT2D eigenvalue weighted by atomic mass is 35.5. The number of aromatic nitrogens is 1. The second-order valence-electron chi connectivity index (χ2n) is 4.30. The third-order valence-corrected chi connectivity index (χ3v) is 4.73. The molecule has 0 aliphatic heterocycles. The second-order valence-corrected chi connectivity index (χ2v) is 6.11. The molecule has 0 bridgehead atoms. The molecule has 0 spiro atoms. The summed E-state index contributed by atoms with van der Waals surface area (Å²) in [6, 6.07) is 1.65. The molecule has 6 heteroatoms. The minimum Gasteiger partial charge on any atom is -0.481 e. The maximum Gasteiger partial charge on any atom is 0.303 e. The number of carboxylic acids is 1. The fourth-order valence-electron chi connectivity index (χ4n) is 1.60. The summed E-state index contributed by atoms with van der Waals surface area (Å²) in [5.41, 5.74) is -0.0544. The third-order valence-electron chi connectivity index (χ3n) is 2.77. The van der Waals surface area contributed by atoms with E-state index in [0.29, 0.717) is 15.1 Å². The number of halogens is 2. The number of thioether (sulfide) groups is 1. The topological polar surface area (TPSA) is 50.2 Å². The van der Waals surface area contributed by atoms with Crippen LogP contribution in [-0.4, -0.2) is 21.8 Å². The highest BCUT2D eigenvalue weighted by molar-refractivity contribution is 7.99. The van der Waals surface area contributed by atoms with E-state index in [-0.39, 0.29) is 11.8 Å². The fraction of sp³-hybridized carbons (Fsp3) is 0.455. The van der Waals surface area contributed by atoms with Gasteiger partial charge in [0.15, 0.2) is 0 Å². The molecule has 1 saturated carbocycles. The zero-order chi connectivity index (χ0) is 12.5. The van der Waals surface area contributed by atoms with Crippen molar-refractivity contribution < 1.29 is 9.90 Å². The molecular formula is C11H11Cl2NO2S. The van der Waals surface area contributed by atoms with Crippen molar-refractivity contribution in [1.29, 1.82) is 0 Å². The normalized spacial score (nSPS) is 16.8. The van der Waals surface area contributed by atoms with Crippen LogP contribution in [0.15, 0.2) is 17.3 Å². The van der Waals surface area contributed by atoms with E-state index >= 15 is 0 Å². The molecule has 0 saturated heterocycles. The SMILES string of the molecule is O=C(O)CC1(CSc2ncc(Cl)cc2Cl)CC1. The minimum atomic E-state index is -0.738. The Morgan fingerprint density at radius 2 is 2.24 bits per heavy atom. The zero-order valence-electron chi connectivity index (χ0n) is 8.95. The summed E-state index contributed by atoms with van der Waals surface area (Å²) in [4.78, 5) is 14.8. The lowest BCUT2D eigenvalue weighted by atomic mass is 10.1. The number of rotatable bonds is 5. The first kappa shape index (κ1) is 13.0. The summed E-state index contributed by atoms with van der Waals surface area (Å²) in [5.74, 6) is 0.00598. The number of aliphatic carboxylic acids is 1. The van der Waals surface area contributed by atoms with Gasteiger partial charge in [0.1, 0.15) is 5.03 Å². The summed E-state index contributed by atoms with van der Waals surface area (Å²) < 4.78 is 0. The number of carbonyl (C=O) groups is 1. The molecule has 0 unspecified atom stereocenters. The van der Waals surface area contributed by atoms with Gasteiger partial charge in [0, 0.05) is 11.9 Å². The first-order valence-corrected chi connectivity index (χ1v) is 6.91. The Morgan fingerprint density at radius 3 is 2.76 bits per heavy atom. The quantitative estimate of drug-likeness (QED) is 0.840. The van der Waals surface area contributed by atoms with Gasteiger partial charge in [-0.05, 0) is 24.3 Å². The third kappa shape index (κ3) is 3.50. The molecule has 1 aromatic heterocycles. The van der Waals surface area contributed by atoms with E-state index < -0.39 is 5.97 Å². The van der Waals surface area contributed by atoms with Gasteiger partial charge in [0.2, 0.25) is 0 Å². The average Bonchev–Trinajstić information content (AvgIpc) is 2.96. The first-order valence-electron chi connectivity index (χ1n) is 5.16. The molecule has 1 aromatic rings. The van der Waals surface area contributed by atoms with Crippen molar-refractivity contribution in [2.24, 2.45) is 5.41 Å².